The van der Waals surface area contributed by atoms with Crippen LogP contribution in [0.3, 0.4) is 0 Å². The summed E-state index contributed by atoms with van der Waals surface area (Å²) in [5.41, 5.74) is 4.70. The number of H-pyrrole nitrogens is 1. The number of hydrogen-bond donors (Lipinski definition) is 1. The van der Waals surface area contributed by atoms with Crippen molar-refractivity contribution in [3.05, 3.63) is 81.1 Å². The van der Waals surface area contributed by atoms with E-state index in [-0.39, 0.29) is 17.4 Å². The lowest BCUT2D eigenvalue weighted by molar-refractivity contribution is -0.137. The minimum Gasteiger partial charge on any atom is -0.334 e. The first-order chi connectivity index (χ1) is 14.5. The Morgan fingerprint density at radius 1 is 0.967 bits per heavy atom. The van der Waals surface area contributed by atoms with E-state index in [1.165, 1.54) is 6.42 Å². The summed E-state index contributed by atoms with van der Waals surface area (Å²) >= 11 is 0. The van der Waals surface area contributed by atoms with Gasteiger partial charge in [-0.25, -0.2) is 0 Å². The number of pyridine rings is 1. The van der Waals surface area contributed by atoms with E-state index in [9.17, 15) is 9.59 Å². The van der Waals surface area contributed by atoms with E-state index in [0.717, 1.165) is 53.3 Å². The van der Waals surface area contributed by atoms with E-state index in [0.29, 0.717) is 18.7 Å². The van der Waals surface area contributed by atoms with E-state index in [2.05, 4.69) is 18.0 Å². The molecule has 1 fully saturated rings. The number of aromatic nitrogens is 1. The van der Waals surface area contributed by atoms with Gasteiger partial charge in [-0.15, -0.1) is 0 Å². The number of carbonyl (C=O) groups is 1. The summed E-state index contributed by atoms with van der Waals surface area (Å²) < 4.78 is 0. The maximum absolute atomic E-state index is 13.4. The van der Waals surface area contributed by atoms with Crippen molar-refractivity contribution in [3.8, 4) is 0 Å². The molecular formula is C26H30N2O2. The number of nitrogens with one attached hydrogen (secondary N) is 1. The second kappa shape index (κ2) is 8.86. The molecule has 0 bridgehead atoms. The van der Waals surface area contributed by atoms with Crippen LogP contribution >= 0.6 is 0 Å². The third kappa shape index (κ3) is 4.33. The quantitative estimate of drug-likeness (QED) is 0.633. The fraction of sp³-hybridized carbons (Fsp3) is 0.385. The Morgan fingerprint density at radius 2 is 1.67 bits per heavy atom. The van der Waals surface area contributed by atoms with E-state index in [4.69, 9.17) is 0 Å². The first-order valence-corrected chi connectivity index (χ1v) is 11.0. The van der Waals surface area contributed by atoms with Crippen LogP contribution in [-0.2, 0) is 17.9 Å². The first-order valence-electron chi connectivity index (χ1n) is 11.0. The molecule has 4 rings (SSSR count). The van der Waals surface area contributed by atoms with Gasteiger partial charge < -0.3 is 9.88 Å². The van der Waals surface area contributed by atoms with Gasteiger partial charge in [-0.3, -0.25) is 9.59 Å². The number of aromatic amines is 1. The number of rotatable bonds is 5. The Labute approximate surface area is 177 Å². The van der Waals surface area contributed by atoms with Crippen molar-refractivity contribution in [2.75, 3.05) is 0 Å². The molecule has 0 atom stereocenters. The lowest BCUT2D eigenvalue weighted by Gasteiger charge is -2.29. The Morgan fingerprint density at radius 3 is 2.40 bits per heavy atom. The number of benzene rings is 2. The van der Waals surface area contributed by atoms with Crippen LogP contribution in [0.2, 0.25) is 0 Å². The number of hydrogen-bond acceptors (Lipinski definition) is 2. The Hall–Kier alpha value is -2.88. The lowest BCUT2D eigenvalue weighted by atomic mass is 9.88. The molecule has 0 unspecified atom stereocenters. The van der Waals surface area contributed by atoms with Gasteiger partial charge >= 0.3 is 0 Å². The van der Waals surface area contributed by atoms with Gasteiger partial charge in [0.15, 0.2) is 0 Å². The summed E-state index contributed by atoms with van der Waals surface area (Å²) in [5.74, 6) is 0.255. The number of nitrogens with zero attached hydrogens (tertiary/aromatic N) is 1. The molecule has 0 radical (unpaired) electrons. The molecule has 4 nitrogen and oxygen atoms in total. The molecule has 1 aromatic heterocycles. The molecular weight excluding hydrogens is 372 g/mol. The molecule has 1 aliphatic rings. The molecule has 3 aromatic rings. The van der Waals surface area contributed by atoms with Crippen molar-refractivity contribution < 1.29 is 4.79 Å². The smallest absolute Gasteiger partial charge is 0.253 e. The van der Waals surface area contributed by atoms with Gasteiger partial charge in [0.25, 0.3) is 5.56 Å². The molecule has 156 valence electrons. The van der Waals surface area contributed by atoms with Crippen LogP contribution in [0.5, 0.6) is 0 Å². The lowest BCUT2D eigenvalue weighted by Crippen LogP contribution is -2.37. The highest BCUT2D eigenvalue weighted by Gasteiger charge is 2.27. The van der Waals surface area contributed by atoms with Crippen molar-refractivity contribution in [2.45, 2.75) is 59.0 Å². The molecule has 4 heteroatoms. The van der Waals surface area contributed by atoms with E-state index in [1.54, 1.807) is 0 Å². The molecule has 1 heterocycles. The molecule has 1 N–H and O–H groups in total. The zero-order valence-corrected chi connectivity index (χ0v) is 17.9. The van der Waals surface area contributed by atoms with Gasteiger partial charge in [-0.05, 0) is 49.4 Å². The van der Waals surface area contributed by atoms with Crippen LogP contribution in [-0.4, -0.2) is 15.8 Å². The minimum atomic E-state index is -0.106. The minimum absolute atomic E-state index is 0.0750. The second-order valence-electron chi connectivity index (χ2n) is 8.63. The molecule has 0 saturated heterocycles. The van der Waals surface area contributed by atoms with E-state index < -0.39 is 0 Å². The van der Waals surface area contributed by atoms with Gasteiger partial charge in [-0.2, -0.15) is 0 Å². The van der Waals surface area contributed by atoms with Crippen LogP contribution in [0.1, 0.15) is 54.4 Å². The standard InChI is InChI=1S/C26H30N2O2/c1-18-13-14-19(2)24-23(18)15-22(25(29)27-24)17-28(16-20-9-5-3-6-10-20)26(30)21-11-7-4-8-12-21/h3,5-6,9-10,13-15,21H,4,7-8,11-12,16-17H2,1-2H3,(H,27,29). The van der Waals surface area contributed by atoms with Crippen molar-refractivity contribution in [3.63, 3.8) is 0 Å². The van der Waals surface area contributed by atoms with Gasteiger partial charge in [-0.1, -0.05) is 61.7 Å². The van der Waals surface area contributed by atoms with Crippen molar-refractivity contribution in [2.24, 2.45) is 5.92 Å². The normalized spacial score (nSPS) is 14.7. The summed E-state index contributed by atoms with van der Waals surface area (Å²) in [7, 11) is 0. The predicted octanol–water partition coefficient (Wildman–Crippen LogP) is 5.25. The molecule has 1 amide bonds. The SMILES string of the molecule is Cc1ccc(C)c2[nH]c(=O)c(CN(Cc3ccccc3)C(=O)C3CCCCC3)cc12. The van der Waals surface area contributed by atoms with Crippen molar-refractivity contribution in [1.82, 2.24) is 9.88 Å². The average molecular weight is 403 g/mol. The highest BCUT2D eigenvalue weighted by molar-refractivity contribution is 5.85. The number of amides is 1. The van der Waals surface area contributed by atoms with Crippen molar-refractivity contribution >= 4 is 16.8 Å². The summed E-state index contributed by atoms with van der Waals surface area (Å²) in [6, 6.07) is 16.1. The number of carbonyl (C=O) groups excluding carboxylic acids is 1. The zero-order valence-electron chi connectivity index (χ0n) is 17.9. The highest BCUT2D eigenvalue weighted by Crippen LogP contribution is 2.27. The Kier molecular flexibility index (Phi) is 6.03. The van der Waals surface area contributed by atoms with Crippen molar-refractivity contribution in [1.29, 1.82) is 0 Å². The molecule has 2 aromatic carbocycles. The summed E-state index contributed by atoms with van der Waals surface area (Å²) in [6.07, 6.45) is 5.35. The van der Waals surface area contributed by atoms with Crippen LogP contribution in [0.15, 0.2) is 53.3 Å². The monoisotopic (exact) mass is 402 g/mol. The summed E-state index contributed by atoms with van der Waals surface area (Å²) in [5, 5.41) is 1.05. The third-order valence-corrected chi connectivity index (χ3v) is 6.36. The fourth-order valence-corrected chi connectivity index (χ4v) is 4.56. The average Bonchev–Trinajstić information content (AvgIpc) is 2.77. The van der Waals surface area contributed by atoms with E-state index >= 15 is 0 Å². The maximum Gasteiger partial charge on any atom is 0.253 e. The number of aryl methyl sites for hydroxylation is 2. The van der Waals surface area contributed by atoms with Crippen LogP contribution in [0.25, 0.3) is 10.9 Å². The molecule has 0 spiro atoms. The van der Waals surface area contributed by atoms with Crippen LogP contribution in [0, 0.1) is 19.8 Å². The molecule has 1 saturated carbocycles. The van der Waals surface area contributed by atoms with Crippen LogP contribution < -0.4 is 5.56 Å². The number of fused-ring (bicyclic) bond motifs is 1. The summed E-state index contributed by atoms with van der Waals surface area (Å²) in [4.78, 5) is 31.3. The van der Waals surface area contributed by atoms with Gasteiger partial charge in [0, 0.05) is 23.4 Å². The predicted molar refractivity (Wildman–Crippen MR) is 121 cm³/mol. The molecule has 1 aliphatic carbocycles. The first kappa shape index (κ1) is 20.4. The Balaban J connectivity index is 1.68. The summed E-state index contributed by atoms with van der Waals surface area (Å²) in [6.45, 7) is 4.92. The van der Waals surface area contributed by atoms with Gasteiger partial charge in [0.2, 0.25) is 5.91 Å². The third-order valence-electron chi connectivity index (χ3n) is 6.36. The van der Waals surface area contributed by atoms with Gasteiger partial charge in [0.05, 0.1) is 12.1 Å². The molecule has 30 heavy (non-hydrogen) atoms. The Bertz CT molecular complexity index is 1100. The maximum atomic E-state index is 13.4. The largest absolute Gasteiger partial charge is 0.334 e. The highest BCUT2D eigenvalue weighted by atomic mass is 16.2. The topological polar surface area (TPSA) is 53.2 Å². The second-order valence-corrected chi connectivity index (χ2v) is 8.63. The van der Waals surface area contributed by atoms with Gasteiger partial charge in [0.1, 0.15) is 0 Å². The zero-order chi connectivity index (χ0) is 21.1. The molecule has 0 aliphatic heterocycles. The fourth-order valence-electron chi connectivity index (χ4n) is 4.56. The van der Waals surface area contributed by atoms with E-state index in [1.807, 2.05) is 54.3 Å². The van der Waals surface area contributed by atoms with Crippen LogP contribution in [0.4, 0.5) is 0 Å².